The molecule has 1 aromatic heterocycles. The zero-order valence-electron chi connectivity index (χ0n) is 9.88. The third kappa shape index (κ3) is 2.59. The second-order valence-electron chi connectivity index (χ2n) is 3.62. The molecule has 2 aromatic rings. The van der Waals surface area contributed by atoms with E-state index >= 15 is 0 Å². The van der Waals surface area contributed by atoms with E-state index in [0.29, 0.717) is 15.9 Å². The first-order chi connectivity index (χ1) is 8.61. The summed E-state index contributed by atoms with van der Waals surface area (Å²) in [5, 5.41) is 0.757. The summed E-state index contributed by atoms with van der Waals surface area (Å²) in [6.45, 7) is 1.71. The van der Waals surface area contributed by atoms with Gasteiger partial charge < -0.3 is 4.74 Å². The van der Waals surface area contributed by atoms with Gasteiger partial charge in [0.25, 0.3) is 0 Å². The fourth-order valence-electron chi connectivity index (χ4n) is 1.48. The maximum absolute atomic E-state index is 13.2. The van der Waals surface area contributed by atoms with Gasteiger partial charge in [-0.25, -0.2) is 14.4 Å². The van der Waals surface area contributed by atoms with Gasteiger partial charge in [-0.05, 0) is 25.1 Å². The highest BCUT2D eigenvalue weighted by molar-refractivity contribution is 8.00. The van der Waals surface area contributed by atoms with Crippen molar-refractivity contribution in [2.75, 3.05) is 7.11 Å². The van der Waals surface area contributed by atoms with Gasteiger partial charge in [0.05, 0.1) is 12.6 Å². The van der Waals surface area contributed by atoms with Gasteiger partial charge in [-0.3, -0.25) is 4.79 Å². The number of carbonyl (C=O) groups excluding carboxylic acids is 1. The second-order valence-corrected chi connectivity index (χ2v) is 4.95. The maximum Gasteiger partial charge on any atom is 0.318 e. The second kappa shape index (κ2) is 5.30. The van der Waals surface area contributed by atoms with E-state index in [1.165, 1.54) is 37.3 Å². The lowest BCUT2D eigenvalue weighted by molar-refractivity contribution is -0.139. The third-order valence-electron chi connectivity index (χ3n) is 2.38. The average molecular weight is 266 g/mol. The molecule has 1 aromatic carbocycles. The molecule has 0 bridgehead atoms. The minimum Gasteiger partial charge on any atom is -0.468 e. The Morgan fingerprint density at radius 2 is 2.22 bits per heavy atom. The number of benzene rings is 1. The molecule has 0 amide bonds. The molecule has 1 atom stereocenters. The molecule has 0 fully saturated rings. The first kappa shape index (κ1) is 12.8. The van der Waals surface area contributed by atoms with Crippen molar-refractivity contribution in [3.8, 4) is 0 Å². The zero-order chi connectivity index (χ0) is 13.1. The molecule has 1 heterocycles. The first-order valence-electron chi connectivity index (χ1n) is 5.26. The minimum atomic E-state index is -0.406. The van der Waals surface area contributed by atoms with Gasteiger partial charge in [0.15, 0.2) is 0 Å². The Bertz CT molecular complexity index is 591. The van der Waals surface area contributed by atoms with Crippen molar-refractivity contribution in [3.05, 3.63) is 30.3 Å². The van der Waals surface area contributed by atoms with E-state index in [1.54, 1.807) is 13.0 Å². The Morgan fingerprint density at radius 3 is 2.94 bits per heavy atom. The van der Waals surface area contributed by atoms with Crippen molar-refractivity contribution < 1.29 is 13.9 Å². The summed E-state index contributed by atoms with van der Waals surface area (Å²) >= 11 is 1.22. The fraction of sp³-hybridized carbons (Fsp3) is 0.250. The van der Waals surface area contributed by atoms with E-state index < -0.39 is 5.25 Å². The highest BCUT2D eigenvalue weighted by Crippen LogP contribution is 2.28. The Balaban J connectivity index is 2.38. The Morgan fingerprint density at radius 1 is 1.44 bits per heavy atom. The smallest absolute Gasteiger partial charge is 0.318 e. The van der Waals surface area contributed by atoms with Gasteiger partial charge in [-0.15, -0.1) is 0 Å². The number of methoxy groups -OCH3 is 1. The van der Waals surface area contributed by atoms with Crippen LogP contribution in [-0.4, -0.2) is 28.3 Å². The van der Waals surface area contributed by atoms with Crippen LogP contribution in [0.2, 0.25) is 0 Å². The Kier molecular flexibility index (Phi) is 3.76. The number of fused-ring (bicyclic) bond motifs is 1. The molecule has 0 N–H and O–H groups in total. The van der Waals surface area contributed by atoms with Gasteiger partial charge in [0.1, 0.15) is 22.4 Å². The van der Waals surface area contributed by atoms with Crippen LogP contribution in [0.15, 0.2) is 29.6 Å². The van der Waals surface area contributed by atoms with Crippen LogP contribution in [0.3, 0.4) is 0 Å². The molecule has 18 heavy (non-hydrogen) atoms. The summed E-state index contributed by atoms with van der Waals surface area (Å²) in [5.74, 6) is -0.701. The van der Waals surface area contributed by atoms with Gasteiger partial charge in [0.2, 0.25) is 0 Å². The van der Waals surface area contributed by atoms with Crippen molar-refractivity contribution in [1.29, 1.82) is 0 Å². The van der Waals surface area contributed by atoms with Crippen LogP contribution in [0.4, 0.5) is 4.39 Å². The third-order valence-corrected chi connectivity index (χ3v) is 3.48. The molecule has 0 unspecified atom stereocenters. The lowest BCUT2D eigenvalue weighted by atomic mass is 10.2. The van der Waals surface area contributed by atoms with Crippen molar-refractivity contribution in [2.24, 2.45) is 0 Å². The molecule has 0 spiro atoms. The number of thioether (sulfide) groups is 1. The number of hydrogen-bond acceptors (Lipinski definition) is 5. The molecular formula is C12H11FN2O2S. The summed E-state index contributed by atoms with van der Waals surface area (Å²) in [4.78, 5) is 19.5. The molecule has 0 saturated carbocycles. The molecule has 0 aliphatic heterocycles. The fourth-order valence-corrected chi connectivity index (χ4v) is 2.41. The number of esters is 1. The van der Waals surface area contributed by atoms with E-state index in [9.17, 15) is 9.18 Å². The predicted octanol–water partition coefficient (Wildman–Crippen LogP) is 2.42. The van der Waals surface area contributed by atoms with Crippen LogP contribution < -0.4 is 0 Å². The molecule has 4 nitrogen and oxygen atoms in total. The molecule has 0 radical (unpaired) electrons. The van der Waals surface area contributed by atoms with Gasteiger partial charge >= 0.3 is 5.97 Å². The summed E-state index contributed by atoms with van der Waals surface area (Å²) in [6, 6.07) is 4.29. The molecule has 0 aliphatic rings. The SMILES string of the molecule is COC(=O)[C@H](C)Sc1ncnc2ccc(F)cc12. The highest BCUT2D eigenvalue weighted by atomic mass is 32.2. The molecule has 6 heteroatoms. The predicted molar refractivity (Wildman–Crippen MR) is 66.8 cm³/mol. The van der Waals surface area contributed by atoms with Crippen LogP contribution in [0.5, 0.6) is 0 Å². The molecule has 0 aliphatic carbocycles. The van der Waals surface area contributed by atoms with Gasteiger partial charge in [-0.2, -0.15) is 0 Å². The van der Waals surface area contributed by atoms with E-state index in [-0.39, 0.29) is 11.8 Å². The van der Waals surface area contributed by atoms with Crippen LogP contribution in [0.1, 0.15) is 6.92 Å². The summed E-state index contributed by atoms with van der Waals surface area (Å²) in [7, 11) is 1.33. The Labute approximate surface area is 108 Å². The summed E-state index contributed by atoms with van der Waals surface area (Å²) < 4.78 is 17.9. The summed E-state index contributed by atoms with van der Waals surface area (Å²) in [6.07, 6.45) is 1.40. The van der Waals surface area contributed by atoms with Crippen LogP contribution in [-0.2, 0) is 9.53 Å². The van der Waals surface area contributed by atoms with Crippen LogP contribution >= 0.6 is 11.8 Å². The minimum absolute atomic E-state index is 0.344. The maximum atomic E-state index is 13.2. The number of halogens is 1. The zero-order valence-corrected chi connectivity index (χ0v) is 10.7. The average Bonchev–Trinajstić information content (AvgIpc) is 2.38. The first-order valence-corrected chi connectivity index (χ1v) is 6.14. The number of hydrogen-bond donors (Lipinski definition) is 0. The standard InChI is InChI=1S/C12H11FN2O2S/c1-7(12(16)17-2)18-11-9-5-8(13)3-4-10(9)14-6-15-11/h3-7H,1-2H3/t7-/m0/s1. The molecular weight excluding hydrogens is 255 g/mol. The van der Waals surface area contributed by atoms with Crippen LogP contribution in [0, 0.1) is 5.82 Å². The summed E-state index contributed by atoms with van der Waals surface area (Å²) in [5.41, 5.74) is 0.644. The lowest BCUT2D eigenvalue weighted by Gasteiger charge is -2.09. The van der Waals surface area contributed by atoms with Crippen molar-refractivity contribution in [1.82, 2.24) is 9.97 Å². The number of nitrogens with zero attached hydrogens (tertiary/aromatic N) is 2. The van der Waals surface area contributed by atoms with E-state index in [4.69, 9.17) is 0 Å². The van der Waals surface area contributed by atoms with E-state index in [2.05, 4.69) is 14.7 Å². The van der Waals surface area contributed by atoms with Crippen molar-refractivity contribution in [3.63, 3.8) is 0 Å². The van der Waals surface area contributed by atoms with E-state index in [1.807, 2.05) is 0 Å². The normalized spacial score (nSPS) is 12.4. The number of ether oxygens (including phenoxy) is 1. The number of aromatic nitrogens is 2. The highest BCUT2D eigenvalue weighted by Gasteiger charge is 2.17. The monoisotopic (exact) mass is 266 g/mol. The van der Waals surface area contributed by atoms with Crippen molar-refractivity contribution >= 4 is 28.6 Å². The van der Waals surface area contributed by atoms with Crippen molar-refractivity contribution in [2.45, 2.75) is 17.2 Å². The molecule has 94 valence electrons. The lowest BCUT2D eigenvalue weighted by Crippen LogP contribution is -2.14. The molecule has 0 saturated heterocycles. The van der Waals surface area contributed by atoms with Crippen LogP contribution in [0.25, 0.3) is 10.9 Å². The number of carbonyl (C=O) groups is 1. The van der Waals surface area contributed by atoms with Gasteiger partial charge in [0, 0.05) is 5.39 Å². The number of rotatable bonds is 3. The molecule has 2 rings (SSSR count). The quantitative estimate of drug-likeness (QED) is 0.485. The Hall–Kier alpha value is -1.69. The van der Waals surface area contributed by atoms with Gasteiger partial charge in [-0.1, -0.05) is 11.8 Å². The topological polar surface area (TPSA) is 52.1 Å². The van der Waals surface area contributed by atoms with E-state index in [0.717, 1.165) is 0 Å². The largest absolute Gasteiger partial charge is 0.468 e.